The van der Waals surface area contributed by atoms with Gasteiger partial charge in [-0.1, -0.05) is 117 Å². The minimum absolute atomic E-state index is 0.0150. The summed E-state index contributed by atoms with van der Waals surface area (Å²) >= 11 is 0. The van der Waals surface area contributed by atoms with Gasteiger partial charge in [0.25, 0.3) is 0 Å². The second-order valence-corrected chi connectivity index (χ2v) is 17.8. The Morgan fingerprint density at radius 1 is 0.754 bits per heavy atom. The van der Waals surface area contributed by atoms with Crippen LogP contribution < -0.4 is 4.74 Å². The van der Waals surface area contributed by atoms with Crippen molar-refractivity contribution < 1.29 is 50.3 Å². The third-order valence-corrected chi connectivity index (χ3v) is 14.1. The zero-order valence-electron chi connectivity index (χ0n) is 32.8. The first kappa shape index (κ1) is 43.2. The van der Waals surface area contributed by atoms with Crippen LogP contribution in [0.15, 0.2) is 115 Å². The van der Waals surface area contributed by atoms with E-state index < -0.39 is 40.9 Å². The molecule has 2 fully saturated rings. The second-order valence-electron chi connectivity index (χ2n) is 14.4. The smallest absolute Gasteiger partial charge is 0.397 e. The molecule has 0 bridgehead atoms. The van der Waals surface area contributed by atoms with Crippen molar-refractivity contribution in [1.82, 2.24) is 0 Å². The molecule has 0 spiro atoms. The van der Waals surface area contributed by atoms with Crippen molar-refractivity contribution in [1.29, 1.82) is 0 Å². The molecule has 1 N–H and O–H groups in total. The monoisotopic (exact) mass is 823 g/mol. The van der Waals surface area contributed by atoms with Crippen LogP contribution in [-0.2, 0) is 80.3 Å². The summed E-state index contributed by atoms with van der Waals surface area (Å²) in [6.07, 6.45) is -3.94. The van der Waals surface area contributed by atoms with Crippen LogP contribution in [0, 0.1) is 5.92 Å². The molecule has 308 valence electrons. The van der Waals surface area contributed by atoms with Gasteiger partial charge in [0, 0.05) is 5.92 Å². The lowest BCUT2D eigenvalue weighted by molar-refractivity contribution is -0.183. The number of benzene rings is 4. The van der Waals surface area contributed by atoms with Crippen molar-refractivity contribution in [3.8, 4) is 5.75 Å². The summed E-state index contributed by atoms with van der Waals surface area (Å²) in [6.45, 7) is 5.42. The number of hydrogen-bond donors (Lipinski definition) is 1. The maximum absolute atomic E-state index is 12.7. The van der Waals surface area contributed by atoms with Crippen LogP contribution in [0.4, 0.5) is 0 Å². The van der Waals surface area contributed by atoms with Gasteiger partial charge in [-0.3, -0.25) is 4.55 Å². The molecular weight excluding hydrogens is 769 g/mol. The van der Waals surface area contributed by atoms with Gasteiger partial charge in [-0.2, -0.15) is 8.42 Å². The molecule has 11 nitrogen and oxygen atoms in total. The summed E-state index contributed by atoms with van der Waals surface area (Å²) in [6, 6.07) is 36.9. The Bertz CT molecular complexity index is 1850. The second kappa shape index (κ2) is 21.6. The van der Waals surface area contributed by atoms with Crippen LogP contribution in [0.25, 0.3) is 0 Å². The molecule has 9 atom stereocenters. The van der Waals surface area contributed by atoms with Gasteiger partial charge >= 0.3 is 10.4 Å². The molecule has 4 aromatic carbocycles. The van der Waals surface area contributed by atoms with E-state index in [4.69, 9.17) is 37.3 Å². The normalized spacial score (nSPS) is 25.8. The van der Waals surface area contributed by atoms with E-state index >= 15 is 0 Å². The first-order valence-electron chi connectivity index (χ1n) is 19.4. The lowest BCUT2D eigenvalue weighted by Gasteiger charge is -2.35. The summed E-state index contributed by atoms with van der Waals surface area (Å²) in [5, 5.41) is 0.290. The van der Waals surface area contributed by atoms with Crippen molar-refractivity contribution in [2.24, 2.45) is 5.92 Å². The summed E-state index contributed by atoms with van der Waals surface area (Å²) in [7, 11) is -3.61. The van der Waals surface area contributed by atoms with Crippen LogP contribution in [0.2, 0.25) is 0 Å². The van der Waals surface area contributed by atoms with Crippen LogP contribution in [-0.4, -0.2) is 86.9 Å². The minimum atomic E-state index is -4.98. The van der Waals surface area contributed by atoms with Gasteiger partial charge in [-0.05, 0) is 51.7 Å². The fraction of sp³-hybridized carbons (Fsp3) is 0.455. The summed E-state index contributed by atoms with van der Waals surface area (Å²) < 4.78 is 85.5. The van der Waals surface area contributed by atoms with Crippen LogP contribution in [0.5, 0.6) is 5.75 Å². The van der Waals surface area contributed by atoms with E-state index in [1.165, 1.54) is 0 Å². The van der Waals surface area contributed by atoms with Crippen LogP contribution >= 0.6 is 0 Å². The van der Waals surface area contributed by atoms with Crippen LogP contribution in [0.3, 0.4) is 0 Å². The van der Waals surface area contributed by atoms with E-state index in [-0.39, 0.29) is 54.8 Å². The lowest BCUT2D eigenvalue weighted by Crippen LogP contribution is -2.54. The van der Waals surface area contributed by atoms with E-state index in [0.717, 1.165) is 40.2 Å². The maximum Gasteiger partial charge on any atom is 0.397 e. The Morgan fingerprint density at radius 2 is 1.33 bits per heavy atom. The van der Waals surface area contributed by atoms with Gasteiger partial charge in [0.05, 0.1) is 40.1 Å². The molecule has 0 aromatic heterocycles. The average Bonchev–Trinajstić information content (AvgIpc) is 3.43. The van der Waals surface area contributed by atoms with Gasteiger partial charge in [0.15, 0.2) is 0 Å². The first-order chi connectivity index (χ1) is 27.7. The van der Waals surface area contributed by atoms with E-state index in [1.54, 1.807) is 7.11 Å². The highest BCUT2D eigenvalue weighted by atomic mass is 32.3. The van der Waals surface area contributed by atoms with Crippen molar-refractivity contribution in [2.45, 2.75) is 88.6 Å². The Morgan fingerprint density at radius 3 is 1.93 bits per heavy atom. The molecular formula is C44H55O11S2+. The summed E-state index contributed by atoms with van der Waals surface area (Å²) in [5.41, 5.74) is 3.83. The average molecular weight is 824 g/mol. The predicted octanol–water partition coefficient (Wildman–Crippen LogP) is 6.94. The molecule has 2 aliphatic heterocycles. The first-order valence-corrected chi connectivity index (χ1v) is 22.4. The molecule has 2 saturated heterocycles. The summed E-state index contributed by atoms with van der Waals surface area (Å²) in [5.74, 6) is 2.25. The van der Waals surface area contributed by atoms with Gasteiger partial charge in [-0.25, -0.2) is 4.18 Å². The SMILES string of the molecule is CC[C@@H]1[C@@H](C)[C@H](OCc2ccc(OC)cc2)C[S@@+]1C[C@H]1OCO[C@H]([C@@H](COCc2ccccc2)OCc2ccccc2)[C@@H](OCc2ccccc2)[C@@H]1OS(=O)(=O)O. The number of ether oxygens (including phenoxy) is 7. The Balaban J connectivity index is 1.26. The molecule has 6 rings (SSSR count). The largest absolute Gasteiger partial charge is 0.497 e. The third kappa shape index (κ3) is 12.8. The van der Waals surface area contributed by atoms with Gasteiger partial charge < -0.3 is 33.2 Å². The molecule has 2 aliphatic rings. The predicted molar refractivity (Wildman–Crippen MR) is 219 cm³/mol. The quantitative estimate of drug-likeness (QED) is 0.0736. The number of hydrogen-bond acceptors (Lipinski definition) is 10. The molecule has 0 aliphatic carbocycles. The Hall–Kier alpha value is -3.34. The van der Waals surface area contributed by atoms with E-state index in [2.05, 4.69) is 13.8 Å². The maximum atomic E-state index is 12.7. The van der Waals surface area contributed by atoms with Gasteiger partial charge in [0.2, 0.25) is 0 Å². The van der Waals surface area contributed by atoms with E-state index in [1.807, 2.05) is 115 Å². The van der Waals surface area contributed by atoms with Crippen molar-refractivity contribution >= 4 is 21.3 Å². The van der Waals surface area contributed by atoms with E-state index in [0.29, 0.717) is 19.0 Å². The number of rotatable bonds is 20. The molecule has 2 heterocycles. The lowest BCUT2D eigenvalue weighted by atomic mass is 9.99. The minimum Gasteiger partial charge on any atom is -0.497 e. The molecule has 4 aromatic rings. The van der Waals surface area contributed by atoms with Gasteiger partial charge in [0.1, 0.15) is 65.9 Å². The standard InChI is InChI=1S/C44H54O11S2/c1-4-41-32(2)39(51-26-36-20-22-37(48-3)23-21-36)29-56(41)30-40-43(55-57(45,46)47)44(52-27-35-18-12-7-13-19-35)42(54-31-53-40)38(50-25-34-16-10-6-11-17-34)28-49-24-33-14-8-5-9-15-33/h5-23,32,38-44H,4,24-31H2,1-3H3/p+1/t32-,38+,39+,40+,41+,42+,43+,44+,56-/m0/s1. The summed E-state index contributed by atoms with van der Waals surface area (Å²) in [4.78, 5) is 0. The highest BCUT2D eigenvalue weighted by Crippen LogP contribution is 2.37. The zero-order valence-corrected chi connectivity index (χ0v) is 34.4. The van der Waals surface area contributed by atoms with Crippen molar-refractivity contribution in [3.05, 3.63) is 138 Å². The molecule has 0 radical (unpaired) electrons. The van der Waals surface area contributed by atoms with Crippen molar-refractivity contribution in [2.75, 3.05) is 32.0 Å². The Kier molecular flexibility index (Phi) is 16.4. The number of methoxy groups -OCH3 is 1. The molecule has 0 saturated carbocycles. The molecule has 57 heavy (non-hydrogen) atoms. The van der Waals surface area contributed by atoms with E-state index in [9.17, 15) is 13.0 Å². The highest BCUT2D eigenvalue weighted by Gasteiger charge is 2.53. The van der Waals surface area contributed by atoms with Crippen molar-refractivity contribution in [3.63, 3.8) is 0 Å². The molecule has 13 heteroatoms. The highest BCUT2D eigenvalue weighted by molar-refractivity contribution is 7.97. The third-order valence-electron chi connectivity index (χ3n) is 10.5. The zero-order chi connectivity index (χ0) is 40.0. The fourth-order valence-corrected chi connectivity index (χ4v) is 11.4. The molecule has 0 amide bonds. The molecule has 0 unspecified atom stereocenters. The van der Waals surface area contributed by atoms with Gasteiger partial charge in [-0.15, -0.1) is 0 Å². The topological polar surface area (TPSA) is 128 Å². The van der Waals surface area contributed by atoms with Crippen LogP contribution in [0.1, 0.15) is 42.5 Å². The fourth-order valence-electron chi connectivity index (χ4n) is 7.52. The Labute approximate surface area is 340 Å².